The van der Waals surface area contributed by atoms with Crippen molar-refractivity contribution < 1.29 is 0 Å². The van der Waals surface area contributed by atoms with Gasteiger partial charge in [-0.2, -0.15) is 5.26 Å². The lowest BCUT2D eigenvalue weighted by atomic mass is 10.1. The Morgan fingerprint density at radius 1 is 1.14 bits per heavy atom. The molecule has 1 aliphatic rings. The van der Waals surface area contributed by atoms with Gasteiger partial charge in [-0.15, -0.1) is 0 Å². The predicted octanol–water partition coefficient (Wildman–Crippen LogP) is 0.639. The smallest absolute Gasteiger partial charge is 0.117 e. The molecule has 4 nitrogen and oxygen atoms in total. The molecule has 1 aliphatic heterocycles. The number of piperidine rings is 1. The van der Waals surface area contributed by atoms with Gasteiger partial charge in [-0.3, -0.25) is 0 Å². The summed E-state index contributed by atoms with van der Waals surface area (Å²) in [5, 5.41) is 8.43. The lowest BCUT2D eigenvalue weighted by Crippen LogP contribution is -2.32. The van der Waals surface area contributed by atoms with Crippen LogP contribution in [0.3, 0.4) is 0 Å². The van der Waals surface area contributed by atoms with Crippen LogP contribution in [0.4, 0.5) is 0 Å². The van der Waals surface area contributed by atoms with Gasteiger partial charge in [0, 0.05) is 13.1 Å². The predicted molar refractivity (Wildman–Crippen MR) is 55.6 cm³/mol. The zero-order chi connectivity index (χ0) is 10.4. The van der Waals surface area contributed by atoms with Crippen molar-refractivity contribution in [1.82, 2.24) is 4.90 Å². The first-order valence-corrected chi connectivity index (χ1v) is 4.82. The summed E-state index contributed by atoms with van der Waals surface area (Å²) in [5.74, 6) is 0.697. The Labute approximate surface area is 84.5 Å². The summed E-state index contributed by atoms with van der Waals surface area (Å²) in [6.45, 7) is 2.01. The molecule has 1 saturated heterocycles. The Morgan fingerprint density at radius 2 is 1.79 bits per heavy atom. The van der Waals surface area contributed by atoms with Gasteiger partial charge in [-0.1, -0.05) is 0 Å². The minimum absolute atomic E-state index is 0.185. The van der Waals surface area contributed by atoms with Crippen LogP contribution in [0.2, 0.25) is 0 Å². The van der Waals surface area contributed by atoms with E-state index >= 15 is 0 Å². The Hall–Kier alpha value is -1.63. The lowest BCUT2D eigenvalue weighted by molar-refractivity contribution is 0.282. The van der Waals surface area contributed by atoms with Crippen molar-refractivity contribution in [1.29, 1.82) is 5.26 Å². The van der Waals surface area contributed by atoms with Crippen LogP contribution in [-0.4, -0.2) is 18.0 Å². The fourth-order valence-corrected chi connectivity index (χ4v) is 1.47. The molecule has 1 rings (SSSR count). The van der Waals surface area contributed by atoms with Crippen LogP contribution in [0.5, 0.6) is 0 Å². The van der Waals surface area contributed by atoms with Gasteiger partial charge in [0.05, 0.1) is 5.82 Å². The lowest BCUT2D eigenvalue weighted by Gasteiger charge is -2.28. The van der Waals surface area contributed by atoms with Crippen LogP contribution < -0.4 is 11.5 Å². The van der Waals surface area contributed by atoms with E-state index in [-0.39, 0.29) is 5.70 Å². The van der Waals surface area contributed by atoms with E-state index in [1.165, 1.54) is 19.3 Å². The summed E-state index contributed by atoms with van der Waals surface area (Å²) in [4.78, 5) is 2.12. The molecule has 1 heterocycles. The zero-order valence-electron chi connectivity index (χ0n) is 8.24. The summed E-state index contributed by atoms with van der Waals surface area (Å²) >= 11 is 0. The Kier molecular flexibility index (Phi) is 3.86. The molecular formula is C10H16N4. The normalized spacial score (nSPS) is 19.2. The largest absolute Gasteiger partial charge is 0.390 e. The summed E-state index contributed by atoms with van der Waals surface area (Å²) in [5.41, 5.74) is 11.3. The fraction of sp³-hybridized carbons (Fsp3) is 0.500. The first-order valence-electron chi connectivity index (χ1n) is 4.82. The van der Waals surface area contributed by atoms with E-state index in [0.29, 0.717) is 5.82 Å². The highest BCUT2D eigenvalue weighted by Gasteiger charge is 2.09. The minimum atomic E-state index is 0.185. The molecule has 4 N–H and O–H groups in total. The molecule has 1 fully saturated rings. The highest BCUT2D eigenvalue weighted by Crippen LogP contribution is 2.11. The number of allylic oxidation sites excluding steroid dienone is 3. The molecule has 0 bridgehead atoms. The number of nitrogens with two attached hydrogens (primary N) is 2. The van der Waals surface area contributed by atoms with Gasteiger partial charge >= 0.3 is 0 Å². The average molecular weight is 192 g/mol. The Balaban J connectivity index is 2.55. The monoisotopic (exact) mass is 192 g/mol. The maximum atomic E-state index is 8.43. The molecule has 0 spiro atoms. The van der Waals surface area contributed by atoms with Gasteiger partial charge in [0.25, 0.3) is 0 Å². The summed E-state index contributed by atoms with van der Waals surface area (Å²) in [6.07, 6.45) is 6.89. The van der Waals surface area contributed by atoms with Gasteiger partial charge in [0.2, 0.25) is 0 Å². The molecule has 0 amide bonds. The second-order valence-corrected chi connectivity index (χ2v) is 3.37. The zero-order valence-corrected chi connectivity index (χ0v) is 8.24. The molecule has 0 aromatic rings. The van der Waals surface area contributed by atoms with Crippen molar-refractivity contribution in [2.24, 2.45) is 11.5 Å². The maximum absolute atomic E-state index is 8.43. The van der Waals surface area contributed by atoms with Crippen LogP contribution >= 0.6 is 0 Å². The van der Waals surface area contributed by atoms with Gasteiger partial charge in [-0.05, 0) is 31.4 Å². The number of likely N-dealkylation sites (tertiary alicyclic amines) is 1. The van der Waals surface area contributed by atoms with E-state index in [9.17, 15) is 0 Å². The number of nitrogens with zero attached hydrogens (tertiary/aromatic N) is 2. The van der Waals surface area contributed by atoms with Crippen LogP contribution in [-0.2, 0) is 0 Å². The molecular weight excluding hydrogens is 176 g/mol. The maximum Gasteiger partial charge on any atom is 0.117 e. The van der Waals surface area contributed by atoms with E-state index in [4.69, 9.17) is 16.7 Å². The molecule has 0 aromatic carbocycles. The van der Waals surface area contributed by atoms with Gasteiger partial charge in [-0.25, -0.2) is 0 Å². The van der Waals surface area contributed by atoms with Gasteiger partial charge in [0.15, 0.2) is 0 Å². The van der Waals surface area contributed by atoms with E-state index in [2.05, 4.69) is 4.90 Å². The number of hydrogen-bond donors (Lipinski definition) is 2. The van der Waals surface area contributed by atoms with E-state index < -0.39 is 0 Å². The molecule has 0 aliphatic carbocycles. The highest BCUT2D eigenvalue weighted by atomic mass is 15.2. The first-order chi connectivity index (χ1) is 6.74. The third kappa shape index (κ3) is 3.02. The molecule has 4 heteroatoms. The second kappa shape index (κ2) is 5.18. The molecule has 0 atom stereocenters. The number of hydrogen-bond acceptors (Lipinski definition) is 4. The first kappa shape index (κ1) is 10.5. The second-order valence-electron chi connectivity index (χ2n) is 3.37. The quantitative estimate of drug-likeness (QED) is 0.497. The third-order valence-corrected chi connectivity index (χ3v) is 2.28. The number of nitriles is 1. The Bertz CT molecular complexity index is 279. The van der Waals surface area contributed by atoms with Crippen molar-refractivity contribution >= 4 is 0 Å². The molecule has 0 radical (unpaired) electrons. The van der Waals surface area contributed by atoms with E-state index in [1.54, 1.807) is 12.2 Å². The third-order valence-electron chi connectivity index (χ3n) is 2.28. The summed E-state index contributed by atoms with van der Waals surface area (Å²) < 4.78 is 0. The highest BCUT2D eigenvalue weighted by molar-refractivity contribution is 5.23. The van der Waals surface area contributed by atoms with Gasteiger partial charge in [0.1, 0.15) is 11.8 Å². The standard InChI is InChI=1S/C10H16N4/c11-8-9(12)4-5-10(13)14-6-2-1-3-7-14/h4-5H,1-3,6-7,12-13H2/b9-4-,10-5+. The molecule has 0 saturated carbocycles. The van der Waals surface area contributed by atoms with Crippen LogP contribution in [0.25, 0.3) is 0 Å². The van der Waals surface area contributed by atoms with Crippen LogP contribution in [0.1, 0.15) is 19.3 Å². The summed E-state index contributed by atoms with van der Waals surface area (Å²) in [7, 11) is 0. The van der Waals surface area contributed by atoms with Crippen molar-refractivity contribution in [2.45, 2.75) is 19.3 Å². The topological polar surface area (TPSA) is 79.1 Å². The molecule has 76 valence electrons. The molecule has 0 aromatic heterocycles. The summed E-state index contributed by atoms with van der Waals surface area (Å²) in [6, 6.07) is 1.84. The van der Waals surface area contributed by atoms with Crippen molar-refractivity contribution in [3.63, 3.8) is 0 Å². The molecule has 0 unspecified atom stereocenters. The van der Waals surface area contributed by atoms with Crippen LogP contribution in [0, 0.1) is 11.3 Å². The average Bonchev–Trinajstić information content (AvgIpc) is 2.26. The van der Waals surface area contributed by atoms with Crippen LogP contribution in [0.15, 0.2) is 23.7 Å². The van der Waals surface area contributed by atoms with Crippen molar-refractivity contribution in [2.75, 3.05) is 13.1 Å². The fourth-order valence-electron chi connectivity index (χ4n) is 1.47. The molecule has 14 heavy (non-hydrogen) atoms. The number of rotatable bonds is 2. The van der Waals surface area contributed by atoms with Crippen molar-refractivity contribution in [3.05, 3.63) is 23.7 Å². The SMILES string of the molecule is N#C/C(N)=C/C=C(\N)N1CCCCC1. The van der Waals surface area contributed by atoms with Crippen molar-refractivity contribution in [3.8, 4) is 6.07 Å². The Morgan fingerprint density at radius 3 is 2.36 bits per heavy atom. The van der Waals surface area contributed by atoms with E-state index in [1.807, 2.05) is 6.07 Å². The van der Waals surface area contributed by atoms with E-state index in [0.717, 1.165) is 13.1 Å². The van der Waals surface area contributed by atoms with Gasteiger partial charge < -0.3 is 16.4 Å². The minimum Gasteiger partial charge on any atom is -0.390 e.